The number of rotatable bonds is 8. The molecule has 0 saturated heterocycles. The normalized spacial score (nSPS) is 13.7. The average Bonchev–Trinajstić information content (AvgIpc) is 2.77. The molecule has 2 N–H and O–H groups in total. The van der Waals surface area contributed by atoms with Gasteiger partial charge in [-0.3, -0.25) is 4.90 Å². The lowest BCUT2D eigenvalue weighted by Crippen LogP contribution is -2.42. The highest BCUT2D eigenvalue weighted by Crippen LogP contribution is 2.31. The summed E-state index contributed by atoms with van der Waals surface area (Å²) in [5, 5.41) is 2.83. The molecular formula is C15H27ClN2S. The Morgan fingerprint density at radius 3 is 2.32 bits per heavy atom. The first-order valence-electron chi connectivity index (χ1n) is 7.23. The Hall–Kier alpha value is -0.0900. The summed E-state index contributed by atoms with van der Waals surface area (Å²) in [5.41, 5.74) is 6.06. The highest BCUT2D eigenvalue weighted by atomic mass is 35.5. The molecule has 0 aliphatic rings. The highest BCUT2D eigenvalue weighted by molar-refractivity contribution is 7.10. The van der Waals surface area contributed by atoms with E-state index in [2.05, 4.69) is 38.7 Å². The smallest absolute Gasteiger partial charge is 0.0567 e. The topological polar surface area (TPSA) is 29.3 Å². The van der Waals surface area contributed by atoms with Crippen molar-refractivity contribution in [3.63, 3.8) is 0 Å². The first-order valence-corrected chi connectivity index (χ1v) is 8.48. The monoisotopic (exact) mass is 302 g/mol. The van der Waals surface area contributed by atoms with Gasteiger partial charge in [0, 0.05) is 29.4 Å². The van der Waals surface area contributed by atoms with Crippen LogP contribution in [0.25, 0.3) is 0 Å². The van der Waals surface area contributed by atoms with Gasteiger partial charge in [-0.2, -0.15) is 0 Å². The van der Waals surface area contributed by atoms with Gasteiger partial charge in [-0.15, -0.1) is 11.3 Å². The molecule has 0 spiro atoms. The molecule has 1 aromatic heterocycles. The molecule has 110 valence electrons. The Balaban J connectivity index is 2.98. The Labute approximate surface area is 126 Å². The van der Waals surface area contributed by atoms with Gasteiger partial charge < -0.3 is 5.73 Å². The summed E-state index contributed by atoms with van der Waals surface area (Å²) in [6.45, 7) is 10.8. The molecule has 0 aromatic carbocycles. The van der Waals surface area contributed by atoms with Crippen LogP contribution in [0.1, 0.15) is 51.5 Å². The molecule has 2 nitrogen and oxygen atoms in total. The van der Waals surface area contributed by atoms with Gasteiger partial charge in [0.1, 0.15) is 0 Å². The fourth-order valence-electron chi connectivity index (χ4n) is 2.63. The molecule has 0 bridgehead atoms. The third-order valence-electron chi connectivity index (χ3n) is 3.53. The highest BCUT2D eigenvalue weighted by Gasteiger charge is 2.26. The zero-order valence-electron chi connectivity index (χ0n) is 12.5. The summed E-state index contributed by atoms with van der Waals surface area (Å²) in [4.78, 5) is 3.87. The van der Waals surface area contributed by atoms with Crippen molar-refractivity contribution in [3.8, 4) is 0 Å². The van der Waals surface area contributed by atoms with Gasteiger partial charge in [0.25, 0.3) is 0 Å². The van der Waals surface area contributed by atoms with Crippen LogP contribution in [-0.2, 0) is 0 Å². The van der Waals surface area contributed by atoms with Gasteiger partial charge in [0.2, 0.25) is 0 Å². The number of hydrogen-bond donors (Lipinski definition) is 1. The van der Waals surface area contributed by atoms with Gasteiger partial charge in [-0.1, -0.05) is 39.3 Å². The Bertz CT molecular complexity index is 361. The van der Waals surface area contributed by atoms with Crippen molar-refractivity contribution in [2.75, 3.05) is 13.1 Å². The quantitative estimate of drug-likeness (QED) is 0.763. The number of nitrogens with two attached hydrogens (primary N) is 1. The van der Waals surface area contributed by atoms with Crippen LogP contribution < -0.4 is 5.73 Å². The maximum Gasteiger partial charge on any atom is 0.0567 e. The van der Waals surface area contributed by atoms with Gasteiger partial charge in [0.15, 0.2) is 0 Å². The van der Waals surface area contributed by atoms with Crippen LogP contribution in [0.3, 0.4) is 0 Å². The van der Waals surface area contributed by atoms with E-state index in [9.17, 15) is 0 Å². The van der Waals surface area contributed by atoms with Crippen molar-refractivity contribution in [2.24, 2.45) is 11.7 Å². The molecule has 1 aromatic rings. The zero-order chi connectivity index (χ0) is 14.4. The molecule has 0 fully saturated rings. The van der Waals surface area contributed by atoms with Crippen molar-refractivity contribution in [1.82, 2.24) is 4.90 Å². The molecule has 0 aliphatic carbocycles. The number of halogens is 1. The van der Waals surface area contributed by atoms with Crippen LogP contribution in [0.5, 0.6) is 0 Å². The second-order valence-corrected chi connectivity index (χ2v) is 6.86. The second kappa shape index (κ2) is 8.25. The molecular weight excluding hydrogens is 276 g/mol. The van der Waals surface area contributed by atoms with E-state index in [0.29, 0.717) is 24.5 Å². The van der Waals surface area contributed by atoms with Crippen molar-refractivity contribution < 1.29 is 0 Å². The van der Waals surface area contributed by atoms with E-state index in [1.165, 1.54) is 17.7 Å². The minimum atomic E-state index is 0.296. The van der Waals surface area contributed by atoms with Crippen LogP contribution >= 0.6 is 22.9 Å². The Morgan fingerprint density at radius 1 is 1.32 bits per heavy atom. The fourth-order valence-corrected chi connectivity index (χ4v) is 3.84. The van der Waals surface area contributed by atoms with E-state index in [0.717, 1.165) is 11.6 Å². The number of nitrogens with zero attached hydrogens (tertiary/aromatic N) is 1. The van der Waals surface area contributed by atoms with Crippen molar-refractivity contribution in [2.45, 2.75) is 52.6 Å². The minimum Gasteiger partial charge on any atom is -0.329 e. The lowest BCUT2D eigenvalue weighted by molar-refractivity contribution is 0.114. The average molecular weight is 303 g/mol. The Kier molecular flexibility index (Phi) is 7.37. The maximum atomic E-state index is 6.07. The van der Waals surface area contributed by atoms with Gasteiger partial charge in [-0.05, 0) is 24.8 Å². The lowest BCUT2D eigenvalue weighted by Gasteiger charge is -2.37. The third-order valence-corrected chi connectivity index (χ3v) is 4.91. The predicted octanol–water partition coefficient (Wildman–Crippen LogP) is 4.55. The summed E-state index contributed by atoms with van der Waals surface area (Å²) < 4.78 is 0. The molecule has 1 heterocycles. The molecule has 0 amide bonds. The van der Waals surface area contributed by atoms with Crippen LogP contribution in [0.15, 0.2) is 11.4 Å². The SMILES string of the molecule is CCC(CC)N(CC(C)C)C(CN)c1cc(Cl)cs1. The second-order valence-electron chi connectivity index (χ2n) is 5.48. The molecule has 1 unspecified atom stereocenters. The van der Waals surface area contributed by atoms with Crippen LogP contribution in [-0.4, -0.2) is 24.0 Å². The predicted molar refractivity (Wildman–Crippen MR) is 87.0 cm³/mol. The molecule has 1 rings (SSSR count). The van der Waals surface area contributed by atoms with Crippen LogP contribution in [0.4, 0.5) is 0 Å². The first-order chi connectivity index (χ1) is 9.03. The standard InChI is InChI=1S/C15H27ClN2S/c1-5-13(6-2)18(9-11(3)4)14(8-17)15-7-12(16)10-19-15/h7,10-11,13-14H,5-6,8-9,17H2,1-4H3. The fraction of sp³-hybridized carbons (Fsp3) is 0.733. The van der Waals surface area contributed by atoms with E-state index >= 15 is 0 Å². The summed E-state index contributed by atoms with van der Waals surface area (Å²) in [6, 6.07) is 2.96. The van der Waals surface area contributed by atoms with Gasteiger partial charge in [-0.25, -0.2) is 0 Å². The molecule has 0 radical (unpaired) electrons. The van der Waals surface area contributed by atoms with E-state index in [1.807, 2.05) is 5.38 Å². The molecule has 1 atom stereocenters. The number of thiophene rings is 1. The van der Waals surface area contributed by atoms with Crippen molar-refractivity contribution in [3.05, 3.63) is 21.3 Å². The molecule has 0 aliphatic heterocycles. The summed E-state index contributed by atoms with van der Waals surface area (Å²) >= 11 is 7.79. The van der Waals surface area contributed by atoms with Crippen molar-refractivity contribution in [1.29, 1.82) is 0 Å². The third kappa shape index (κ3) is 4.75. The van der Waals surface area contributed by atoms with Gasteiger partial charge in [0.05, 0.1) is 11.1 Å². The largest absolute Gasteiger partial charge is 0.329 e. The van der Waals surface area contributed by atoms with E-state index in [-0.39, 0.29) is 0 Å². The summed E-state index contributed by atoms with van der Waals surface area (Å²) in [6.07, 6.45) is 2.33. The Morgan fingerprint density at radius 2 is 1.95 bits per heavy atom. The number of hydrogen-bond acceptors (Lipinski definition) is 3. The minimum absolute atomic E-state index is 0.296. The zero-order valence-corrected chi connectivity index (χ0v) is 14.1. The summed E-state index contributed by atoms with van der Waals surface area (Å²) in [5.74, 6) is 0.644. The lowest BCUT2D eigenvalue weighted by atomic mass is 10.0. The molecule has 0 saturated carbocycles. The maximum absolute atomic E-state index is 6.07. The van der Waals surface area contributed by atoms with Gasteiger partial charge >= 0.3 is 0 Å². The van der Waals surface area contributed by atoms with Crippen LogP contribution in [0, 0.1) is 5.92 Å². The van der Waals surface area contributed by atoms with E-state index in [4.69, 9.17) is 17.3 Å². The first kappa shape index (κ1) is 17.0. The van der Waals surface area contributed by atoms with E-state index < -0.39 is 0 Å². The van der Waals surface area contributed by atoms with Crippen LogP contribution in [0.2, 0.25) is 5.02 Å². The molecule has 19 heavy (non-hydrogen) atoms. The van der Waals surface area contributed by atoms with E-state index in [1.54, 1.807) is 11.3 Å². The molecule has 4 heteroatoms. The van der Waals surface area contributed by atoms with Crippen molar-refractivity contribution >= 4 is 22.9 Å². The summed E-state index contributed by atoms with van der Waals surface area (Å²) in [7, 11) is 0.